The van der Waals surface area contributed by atoms with Gasteiger partial charge in [-0.2, -0.15) is 0 Å². The first kappa shape index (κ1) is 40.9. The summed E-state index contributed by atoms with van der Waals surface area (Å²) in [7, 11) is 0. The van der Waals surface area contributed by atoms with Crippen molar-refractivity contribution in [1.29, 1.82) is 0 Å². The number of amides is 6. The number of hydrogen-bond acceptors (Lipinski definition) is 7. The fourth-order valence-electron chi connectivity index (χ4n) is 11.3. The molecular formula is C48H51ClN6O6. The van der Waals surface area contributed by atoms with E-state index in [1.807, 2.05) is 54.6 Å². The quantitative estimate of drug-likeness (QED) is 0.116. The maximum atomic E-state index is 14.6. The average Bonchev–Trinajstić information content (AvgIpc) is 3.86. The number of halogens is 1. The molecule has 6 amide bonds. The van der Waals surface area contributed by atoms with Crippen molar-refractivity contribution in [2.24, 2.45) is 5.92 Å². The maximum absolute atomic E-state index is 14.6. The van der Waals surface area contributed by atoms with Crippen LogP contribution in [0, 0.1) is 17.8 Å². The van der Waals surface area contributed by atoms with Crippen LogP contribution in [0.3, 0.4) is 0 Å². The van der Waals surface area contributed by atoms with Crippen LogP contribution < -0.4 is 26.6 Å². The van der Waals surface area contributed by atoms with Gasteiger partial charge < -0.3 is 20.9 Å². The number of benzene rings is 3. The Bertz CT molecular complexity index is 2340. The zero-order valence-electron chi connectivity index (χ0n) is 34.1. The van der Waals surface area contributed by atoms with E-state index in [0.717, 1.165) is 54.4 Å². The molecule has 1 unspecified atom stereocenters. The van der Waals surface area contributed by atoms with E-state index >= 15 is 0 Å². The summed E-state index contributed by atoms with van der Waals surface area (Å²) < 4.78 is 0. The molecule has 0 bridgehead atoms. The summed E-state index contributed by atoms with van der Waals surface area (Å²) in [4.78, 5) is 81.2. The van der Waals surface area contributed by atoms with Gasteiger partial charge in [0.2, 0.25) is 29.5 Å². The van der Waals surface area contributed by atoms with Crippen LogP contribution in [0.1, 0.15) is 122 Å². The first-order valence-corrected chi connectivity index (χ1v) is 22.2. The second-order valence-corrected chi connectivity index (χ2v) is 18.0. The number of hydrogen-bond donors (Lipinski definition) is 5. The number of carbonyl (C=O) groups excluding carboxylic acids is 6. The molecule has 2 spiro atoms. The van der Waals surface area contributed by atoms with Crippen molar-refractivity contribution in [1.82, 2.24) is 26.2 Å². The highest BCUT2D eigenvalue weighted by atomic mass is 35.5. The lowest BCUT2D eigenvalue weighted by molar-refractivity contribution is -0.137. The number of imide groups is 1. The second-order valence-electron chi connectivity index (χ2n) is 17.6. The molecule has 4 fully saturated rings. The topological polar surface area (TPSA) is 166 Å². The molecule has 2 saturated carbocycles. The van der Waals surface area contributed by atoms with Crippen molar-refractivity contribution in [3.8, 4) is 11.8 Å². The van der Waals surface area contributed by atoms with Crippen LogP contribution >= 0.6 is 11.6 Å². The molecule has 0 aromatic heterocycles. The summed E-state index contributed by atoms with van der Waals surface area (Å²) >= 11 is 6.44. The zero-order chi connectivity index (χ0) is 42.3. The summed E-state index contributed by atoms with van der Waals surface area (Å²) in [6.07, 6.45) is 8.99. The summed E-state index contributed by atoms with van der Waals surface area (Å²) in [5, 5.41) is 16.4. The highest BCUT2D eigenvalue weighted by Gasteiger charge is 2.72. The third kappa shape index (κ3) is 7.29. The number of carbonyl (C=O) groups is 6. The lowest BCUT2D eigenvalue weighted by Gasteiger charge is -2.47. The van der Waals surface area contributed by atoms with Gasteiger partial charge in [-0.3, -0.25) is 39.4 Å². The summed E-state index contributed by atoms with van der Waals surface area (Å²) in [6, 6.07) is 19.6. The predicted octanol–water partition coefficient (Wildman–Crippen LogP) is 5.37. The van der Waals surface area contributed by atoms with Gasteiger partial charge in [0.15, 0.2) is 0 Å². The molecule has 4 aliphatic heterocycles. The lowest BCUT2D eigenvalue weighted by atomic mass is 9.55. The highest BCUT2D eigenvalue weighted by Crippen LogP contribution is 2.62. The van der Waals surface area contributed by atoms with Crippen molar-refractivity contribution in [3.63, 3.8) is 0 Å². The van der Waals surface area contributed by atoms with E-state index in [1.54, 1.807) is 12.1 Å². The predicted molar refractivity (Wildman–Crippen MR) is 229 cm³/mol. The Morgan fingerprint density at radius 2 is 1.66 bits per heavy atom. The van der Waals surface area contributed by atoms with Crippen LogP contribution in [-0.2, 0) is 35.9 Å². The number of fused-ring (bicyclic) bond motifs is 4. The minimum Gasteiger partial charge on any atom is -0.356 e. The number of anilines is 1. The number of unbranched alkanes of at least 4 members (excludes halogenated alkanes) is 1. The lowest BCUT2D eigenvalue weighted by Crippen LogP contribution is -2.60. The van der Waals surface area contributed by atoms with Gasteiger partial charge in [-0.05, 0) is 92.3 Å². The van der Waals surface area contributed by atoms with Crippen LogP contribution in [0.2, 0.25) is 5.02 Å². The van der Waals surface area contributed by atoms with E-state index in [2.05, 4.69) is 38.4 Å². The Morgan fingerprint density at radius 3 is 2.43 bits per heavy atom. The van der Waals surface area contributed by atoms with Crippen molar-refractivity contribution in [2.45, 2.75) is 125 Å². The number of piperidine rings is 1. The smallest absolute Gasteiger partial charge is 0.255 e. The zero-order valence-corrected chi connectivity index (χ0v) is 34.9. The minimum absolute atomic E-state index is 0.0134. The number of nitrogens with one attached hydrogen (secondary N) is 5. The SMILES string of the molecule is O=C1CCC(N2Cc3c(C#CCCCNC(=O)[C@H]4CC[C@H](NC(=O)[C@@H]5NC6(CCCCC6)[C@@]6(C(=O)Nc7cc(Cl)ccc76)[C@H]5c5ccccc5)CC4)cccc3C2=O)C(=O)N1. The molecule has 4 atom stereocenters. The third-order valence-electron chi connectivity index (χ3n) is 14.2. The third-order valence-corrected chi connectivity index (χ3v) is 14.4. The van der Waals surface area contributed by atoms with Gasteiger partial charge >= 0.3 is 0 Å². The van der Waals surface area contributed by atoms with Gasteiger partial charge in [-0.25, -0.2) is 0 Å². The van der Waals surface area contributed by atoms with E-state index in [0.29, 0.717) is 67.8 Å². The van der Waals surface area contributed by atoms with Gasteiger partial charge in [0.05, 0.1) is 6.04 Å². The van der Waals surface area contributed by atoms with Crippen molar-refractivity contribution in [2.75, 3.05) is 11.9 Å². The molecule has 2 saturated heterocycles. The molecule has 316 valence electrons. The summed E-state index contributed by atoms with van der Waals surface area (Å²) in [6.45, 7) is 0.754. The largest absolute Gasteiger partial charge is 0.356 e. The summed E-state index contributed by atoms with van der Waals surface area (Å²) in [5.41, 5.74) is 3.00. The first-order chi connectivity index (χ1) is 29.6. The van der Waals surface area contributed by atoms with Gasteiger partial charge in [0.1, 0.15) is 11.5 Å². The van der Waals surface area contributed by atoms with Crippen molar-refractivity contribution in [3.05, 3.63) is 99.6 Å². The molecule has 4 heterocycles. The first-order valence-electron chi connectivity index (χ1n) is 21.9. The molecule has 9 rings (SSSR count). The standard InChI is InChI=1S/C48H51ClN6O6/c49-32-18-21-36-37(27-32)52-46(61)48(36)40(30-12-4-1-5-13-30)41(54-47(48)24-7-3-8-25-47)44(59)51-33-19-16-31(17-20-33)42(57)50-26-9-2-6-11-29-14-10-15-34-35(29)28-55(45(34)60)38-22-23-39(56)53-43(38)58/h1,4-5,10,12-15,18,21,27,31,33,38,40-41,54H,2-3,7-9,16-17,19-20,22-26,28H2,(H,50,57)(H,51,59)(H,52,61)(H,53,56,58)/t31-,33-,38?,40-,41+,48+/m0/s1. The molecule has 0 radical (unpaired) electrons. The average molecular weight is 843 g/mol. The van der Waals surface area contributed by atoms with E-state index in [4.69, 9.17) is 11.6 Å². The molecular weight excluding hydrogens is 792 g/mol. The monoisotopic (exact) mass is 842 g/mol. The molecule has 3 aromatic rings. The van der Waals surface area contributed by atoms with E-state index < -0.39 is 34.9 Å². The molecule has 61 heavy (non-hydrogen) atoms. The Balaban J connectivity index is 0.796. The van der Waals surface area contributed by atoms with Gasteiger partial charge in [-0.15, -0.1) is 0 Å². The second kappa shape index (κ2) is 16.7. The van der Waals surface area contributed by atoms with Crippen LogP contribution in [0.5, 0.6) is 0 Å². The molecule has 12 nitrogen and oxygen atoms in total. The van der Waals surface area contributed by atoms with Crippen molar-refractivity contribution >= 4 is 52.7 Å². The van der Waals surface area contributed by atoms with Gasteiger partial charge in [-0.1, -0.05) is 85.2 Å². The van der Waals surface area contributed by atoms with Gasteiger partial charge in [0.25, 0.3) is 5.91 Å². The van der Waals surface area contributed by atoms with E-state index in [1.165, 1.54) is 4.90 Å². The van der Waals surface area contributed by atoms with Crippen molar-refractivity contribution < 1.29 is 28.8 Å². The number of nitrogens with zero attached hydrogens (tertiary/aromatic N) is 1. The Hall–Kier alpha value is -5.51. The highest BCUT2D eigenvalue weighted by molar-refractivity contribution is 6.31. The normalized spacial score (nSPS) is 27.5. The van der Waals surface area contributed by atoms with Crippen LogP contribution in [0.15, 0.2) is 66.7 Å². The fourth-order valence-corrected chi connectivity index (χ4v) is 11.5. The molecule has 13 heteroatoms. The molecule has 3 aromatic carbocycles. The fraction of sp³-hybridized carbons (Fsp3) is 0.458. The summed E-state index contributed by atoms with van der Waals surface area (Å²) in [5.74, 6) is 4.61. The van der Waals surface area contributed by atoms with E-state index in [-0.39, 0.29) is 54.5 Å². The Labute approximate surface area is 360 Å². The molecule has 6 aliphatic rings. The Morgan fingerprint density at radius 1 is 0.869 bits per heavy atom. The van der Waals surface area contributed by atoms with Gasteiger partial charge in [0, 0.05) is 71.2 Å². The van der Waals surface area contributed by atoms with Crippen LogP contribution in [0.4, 0.5) is 5.69 Å². The molecule has 5 N–H and O–H groups in total. The Kier molecular flexibility index (Phi) is 11.2. The minimum atomic E-state index is -0.999. The van der Waals surface area contributed by atoms with Crippen LogP contribution in [0.25, 0.3) is 0 Å². The maximum Gasteiger partial charge on any atom is 0.255 e. The molecule has 2 aliphatic carbocycles. The van der Waals surface area contributed by atoms with Crippen LogP contribution in [-0.4, -0.2) is 70.6 Å². The number of rotatable bonds is 8. The van der Waals surface area contributed by atoms with E-state index in [9.17, 15) is 28.8 Å².